The van der Waals surface area contributed by atoms with Crippen molar-refractivity contribution in [3.05, 3.63) is 94.9 Å². The first kappa shape index (κ1) is 20.6. The first-order valence-corrected chi connectivity index (χ1v) is 11.3. The molecule has 0 N–H and O–H groups in total. The Morgan fingerprint density at radius 3 is 2.34 bits per heavy atom. The van der Waals surface area contributed by atoms with Gasteiger partial charge in [-0.25, -0.2) is 0 Å². The Kier molecular flexibility index (Phi) is 5.58. The highest BCUT2D eigenvalue weighted by atomic mass is 16.3. The van der Waals surface area contributed by atoms with Crippen LogP contribution in [0.4, 0.5) is 0 Å². The zero-order valence-electron chi connectivity index (χ0n) is 18.8. The predicted octanol–water partition coefficient (Wildman–Crippen LogP) is 4.86. The maximum Gasteiger partial charge on any atom is 0.270 e. The maximum atomic E-state index is 13.5. The molecule has 0 atom stereocenters. The number of benzene rings is 2. The van der Waals surface area contributed by atoms with Crippen molar-refractivity contribution in [2.75, 3.05) is 26.2 Å². The van der Waals surface area contributed by atoms with Crippen LogP contribution in [0.1, 0.15) is 32.9 Å². The fourth-order valence-electron chi connectivity index (χ4n) is 4.62. The molecule has 1 saturated heterocycles. The number of hydrogen-bond acceptors (Lipinski definition) is 3. The van der Waals surface area contributed by atoms with Crippen LogP contribution >= 0.6 is 0 Å². The van der Waals surface area contributed by atoms with Gasteiger partial charge in [0.05, 0.1) is 5.52 Å². The van der Waals surface area contributed by atoms with Crippen LogP contribution in [-0.2, 0) is 13.1 Å². The van der Waals surface area contributed by atoms with Gasteiger partial charge in [-0.15, -0.1) is 0 Å². The van der Waals surface area contributed by atoms with E-state index in [4.69, 9.17) is 4.42 Å². The van der Waals surface area contributed by atoms with Gasteiger partial charge >= 0.3 is 0 Å². The molecule has 1 amide bonds. The van der Waals surface area contributed by atoms with Crippen LogP contribution in [0.2, 0.25) is 0 Å². The number of carbonyl (C=O) groups is 1. The van der Waals surface area contributed by atoms with Crippen molar-refractivity contribution < 1.29 is 9.21 Å². The van der Waals surface area contributed by atoms with Crippen molar-refractivity contribution >= 4 is 17.0 Å². The summed E-state index contributed by atoms with van der Waals surface area (Å²) >= 11 is 0. The lowest BCUT2D eigenvalue weighted by Crippen LogP contribution is -2.48. The van der Waals surface area contributed by atoms with Crippen LogP contribution in [0.25, 0.3) is 11.1 Å². The van der Waals surface area contributed by atoms with Crippen LogP contribution in [0.3, 0.4) is 0 Å². The highest BCUT2D eigenvalue weighted by Gasteiger charge is 2.26. The molecule has 4 aromatic rings. The summed E-state index contributed by atoms with van der Waals surface area (Å²) < 4.78 is 7.98. The second-order valence-electron chi connectivity index (χ2n) is 8.77. The zero-order valence-corrected chi connectivity index (χ0v) is 18.8. The van der Waals surface area contributed by atoms with Crippen molar-refractivity contribution in [1.29, 1.82) is 0 Å². The Hall–Kier alpha value is -3.31. The summed E-state index contributed by atoms with van der Waals surface area (Å²) in [4.78, 5) is 17.9. The SMILES string of the molecule is Cc1cccc(Cn2c(C(=O)N3CCN(Cc4ccccc4)CC3)cc3oc(C)cc32)c1. The average Bonchev–Trinajstić information content (AvgIpc) is 3.31. The topological polar surface area (TPSA) is 41.6 Å². The molecular formula is C27H29N3O2. The molecule has 5 heteroatoms. The van der Waals surface area contributed by atoms with E-state index in [-0.39, 0.29) is 5.91 Å². The van der Waals surface area contributed by atoms with E-state index in [1.54, 1.807) is 0 Å². The quantitative estimate of drug-likeness (QED) is 0.457. The lowest BCUT2D eigenvalue weighted by Gasteiger charge is -2.35. The Balaban J connectivity index is 1.35. The number of aromatic nitrogens is 1. The summed E-state index contributed by atoms with van der Waals surface area (Å²) in [6, 6.07) is 22.9. The van der Waals surface area contributed by atoms with Crippen molar-refractivity contribution in [3.63, 3.8) is 0 Å². The smallest absolute Gasteiger partial charge is 0.270 e. The third-order valence-electron chi connectivity index (χ3n) is 6.26. The highest BCUT2D eigenvalue weighted by molar-refractivity contribution is 5.97. The summed E-state index contributed by atoms with van der Waals surface area (Å²) in [7, 11) is 0. The summed E-state index contributed by atoms with van der Waals surface area (Å²) in [6.45, 7) is 8.87. The van der Waals surface area contributed by atoms with Crippen molar-refractivity contribution in [2.24, 2.45) is 0 Å². The van der Waals surface area contributed by atoms with E-state index in [2.05, 4.69) is 64.9 Å². The van der Waals surface area contributed by atoms with Crippen molar-refractivity contribution in [1.82, 2.24) is 14.4 Å². The molecule has 5 rings (SSSR count). The largest absolute Gasteiger partial charge is 0.460 e. The number of hydrogen-bond donors (Lipinski definition) is 0. The molecule has 0 unspecified atom stereocenters. The molecule has 0 spiro atoms. The van der Waals surface area contributed by atoms with Crippen LogP contribution in [0.15, 0.2) is 71.1 Å². The van der Waals surface area contributed by atoms with Crippen molar-refractivity contribution in [2.45, 2.75) is 26.9 Å². The second-order valence-corrected chi connectivity index (χ2v) is 8.77. The summed E-state index contributed by atoms with van der Waals surface area (Å²) in [5.41, 5.74) is 6.18. The molecule has 32 heavy (non-hydrogen) atoms. The fraction of sp³-hybridized carbons (Fsp3) is 0.296. The van der Waals surface area contributed by atoms with E-state index in [1.807, 2.05) is 30.0 Å². The minimum atomic E-state index is 0.0843. The van der Waals surface area contributed by atoms with Gasteiger partial charge in [-0.05, 0) is 25.0 Å². The summed E-state index contributed by atoms with van der Waals surface area (Å²) in [6.07, 6.45) is 0. The van der Waals surface area contributed by atoms with Crippen LogP contribution in [-0.4, -0.2) is 46.5 Å². The Morgan fingerprint density at radius 1 is 0.844 bits per heavy atom. The van der Waals surface area contributed by atoms with E-state index in [0.29, 0.717) is 12.2 Å². The Labute approximate surface area is 188 Å². The number of carbonyl (C=O) groups excluding carboxylic acids is 1. The summed E-state index contributed by atoms with van der Waals surface area (Å²) in [5, 5.41) is 0. The number of fused-ring (bicyclic) bond motifs is 1. The monoisotopic (exact) mass is 427 g/mol. The molecule has 164 valence electrons. The maximum absolute atomic E-state index is 13.5. The average molecular weight is 428 g/mol. The van der Waals surface area contributed by atoms with E-state index in [1.165, 1.54) is 16.7 Å². The van der Waals surface area contributed by atoms with E-state index in [0.717, 1.165) is 49.6 Å². The van der Waals surface area contributed by atoms with Gasteiger partial charge < -0.3 is 13.9 Å². The highest BCUT2D eigenvalue weighted by Crippen LogP contribution is 2.26. The molecule has 0 radical (unpaired) electrons. The van der Waals surface area contributed by atoms with Gasteiger partial charge in [0.15, 0.2) is 5.58 Å². The van der Waals surface area contributed by atoms with E-state index >= 15 is 0 Å². The van der Waals surface area contributed by atoms with Gasteiger partial charge in [0, 0.05) is 51.4 Å². The number of furan rings is 1. The van der Waals surface area contributed by atoms with Crippen LogP contribution in [0.5, 0.6) is 0 Å². The van der Waals surface area contributed by atoms with Gasteiger partial charge in [0.2, 0.25) is 0 Å². The third kappa shape index (κ3) is 4.21. The Bertz CT molecular complexity index is 1230. The molecule has 5 nitrogen and oxygen atoms in total. The van der Waals surface area contributed by atoms with Gasteiger partial charge in [-0.1, -0.05) is 60.2 Å². The van der Waals surface area contributed by atoms with E-state index < -0.39 is 0 Å². The van der Waals surface area contributed by atoms with Crippen molar-refractivity contribution in [3.8, 4) is 0 Å². The molecule has 0 aliphatic carbocycles. The lowest BCUT2D eigenvalue weighted by atomic mass is 10.1. The molecule has 1 aliphatic rings. The first-order valence-electron chi connectivity index (χ1n) is 11.3. The molecular weight excluding hydrogens is 398 g/mol. The van der Waals surface area contributed by atoms with Crippen LogP contribution < -0.4 is 0 Å². The zero-order chi connectivity index (χ0) is 22.1. The number of amides is 1. The third-order valence-corrected chi connectivity index (χ3v) is 6.26. The number of aryl methyl sites for hydroxylation is 2. The fourth-order valence-corrected chi connectivity index (χ4v) is 4.62. The van der Waals surface area contributed by atoms with Crippen LogP contribution in [0, 0.1) is 13.8 Å². The normalized spacial score (nSPS) is 14.9. The standard InChI is InChI=1S/C27H29N3O2/c1-20-7-6-10-23(15-20)19-30-24-16-21(2)32-26(24)17-25(30)27(31)29-13-11-28(12-14-29)18-22-8-4-3-5-9-22/h3-10,15-17H,11-14,18-19H2,1-2H3. The van der Waals surface area contributed by atoms with Gasteiger partial charge in [0.25, 0.3) is 5.91 Å². The van der Waals surface area contributed by atoms with E-state index in [9.17, 15) is 4.79 Å². The molecule has 1 fully saturated rings. The lowest BCUT2D eigenvalue weighted by molar-refractivity contribution is 0.0619. The molecule has 2 aromatic heterocycles. The molecule has 1 aliphatic heterocycles. The molecule has 0 saturated carbocycles. The molecule has 2 aromatic carbocycles. The van der Waals surface area contributed by atoms with Gasteiger partial charge in [0.1, 0.15) is 11.5 Å². The Morgan fingerprint density at radius 2 is 1.59 bits per heavy atom. The minimum Gasteiger partial charge on any atom is -0.460 e. The predicted molar refractivity (Wildman–Crippen MR) is 127 cm³/mol. The molecule has 3 heterocycles. The molecule has 0 bridgehead atoms. The summed E-state index contributed by atoms with van der Waals surface area (Å²) in [5.74, 6) is 0.947. The van der Waals surface area contributed by atoms with Gasteiger partial charge in [-0.3, -0.25) is 9.69 Å². The second kappa shape index (κ2) is 8.67. The van der Waals surface area contributed by atoms with Gasteiger partial charge in [-0.2, -0.15) is 0 Å². The first-order chi connectivity index (χ1) is 15.6. The number of rotatable bonds is 5. The minimum absolute atomic E-state index is 0.0843. The number of piperazine rings is 1. The number of nitrogens with zero attached hydrogens (tertiary/aromatic N) is 3.